The van der Waals surface area contributed by atoms with Crippen molar-refractivity contribution in [2.75, 3.05) is 46.6 Å². The fourth-order valence-electron chi connectivity index (χ4n) is 4.23. The van der Waals surface area contributed by atoms with Gasteiger partial charge in [-0.1, -0.05) is 18.1 Å². The second-order valence-electron chi connectivity index (χ2n) is 8.14. The van der Waals surface area contributed by atoms with Gasteiger partial charge in [-0.05, 0) is 12.1 Å². The molecule has 1 aliphatic heterocycles. The molecule has 3 aromatic heterocycles. The summed E-state index contributed by atoms with van der Waals surface area (Å²) < 4.78 is 33.9. The lowest BCUT2D eigenvalue weighted by molar-refractivity contribution is 0.0364. The zero-order valence-corrected chi connectivity index (χ0v) is 18.5. The van der Waals surface area contributed by atoms with Crippen molar-refractivity contribution in [1.29, 1.82) is 0 Å². The van der Waals surface area contributed by atoms with E-state index in [1.165, 1.54) is 17.0 Å². The van der Waals surface area contributed by atoms with Gasteiger partial charge in [0.05, 0.1) is 31.3 Å². The Morgan fingerprint density at radius 3 is 2.82 bits per heavy atom. The Labute approximate surface area is 188 Å². The molecule has 0 aliphatic carbocycles. The lowest BCUT2D eigenvalue weighted by Gasteiger charge is -2.27. The third kappa shape index (κ3) is 3.92. The maximum Gasteiger partial charge on any atom is 0.277 e. The first-order valence-corrected chi connectivity index (χ1v) is 10.9. The third-order valence-corrected chi connectivity index (χ3v) is 5.95. The molecule has 0 amide bonds. The minimum Gasteiger partial charge on any atom is -0.384 e. The molecular weight excluding hydrogens is 431 g/mol. The van der Waals surface area contributed by atoms with E-state index in [0.717, 1.165) is 13.1 Å². The van der Waals surface area contributed by atoms with Gasteiger partial charge in [-0.3, -0.25) is 14.1 Å². The Hall–Kier alpha value is -3.15. The molecule has 10 nitrogen and oxygen atoms in total. The van der Waals surface area contributed by atoms with Crippen molar-refractivity contribution in [3.05, 3.63) is 46.6 Å². The van der Waals surface area contributed by atoms with E-state index >= 15 is 0 Å². The largest absolute Gasteiger partial charge is 0.384 e. The van der Waals surface area contributed by atoms with Crippen LogP contribution in [-0.4, -0.2) is 75.6 Å². The maximum atomic E-state index is 14.9. The lowest BCUT2D eigenvalue weighted by atomic mass is 10.2. The van der Waals surface area contributed by atoms with Crippen molar-refractivity contribution >= 4 is 16.6 Å². The molecule has 1 atom stereocenters. The standard InChI is InChI=1S/C22H25FN6O4/c1-14(12-31-2)21-25-20(26-33-21)17-19-22(30)28(7-6-27-8-10-32-11-9-27)18-15(23)4-3-5-16(18)29(19)13-24-17/h3-5,13-14H,6-12H2,1-2H3. The molecule has 0 bridgehead atoms. The van der Waals surface area contributed by atoms with Gasteiger partial charge in [0.1, 0.15) is 28.9 Å². The lowest BCUT2D eigenvalue weighted by Crippen LogP contribution is -2.39. The molecule has 1 saturated heterocycles. The topological polar surface area (TPSA) is 99.9 Å². The van der Waals surface area contributed by atoms with Crippen LogP contribution < -0.4 is 5.56 Å². The number of halogens is 1. The van der Waals surface area contributed by atoms with Crippen LogP contribution in [0.5, 0.6) is 0 Å². The summed E-state index contributed by atoms with van der Waals surface area (Å²) in [5.41, 5.74) is 1.01. The highest BCUT2D eigenvalue weighted by Gasteiger charge is 2.23. The van der Waals surface area contributed by atoms with E-state index in [4.69, 9.17) is 14.0 Å². The Morgan fingerprint density at radius 1 is 1.21 bits per heavy atom. The molecule has 11 heteroatoms. The fourth-order valence-corrected chi connectivity index (χ4v) is 4.23. The van der Waals surface area contributed by atoms with E-state index in [1.54, 1.807) is 23.6 Å². The molecule has 174 valence electrons. The second kappa shape index (κ2) is 9.00. The van der Waals surface area contributed by atoms with Gasteiger partial charge in [-0.15, -0.1) is 0 Å². The number of rotatable bonds is 7. The number of aromatic nitrogens is 5. The molecule has 4 heterocycles. The number of benzene rings is 1. The Morgan fingerprint density at radius 2 is 2.03 bits per heavy atom. The highest BCUT2D eigenvalue weighted by atomic mass is 19.1. The molecule has 33 heavy (non-hydrogen) atoms. The molecule has 0 spiro atoms. The van der Waals surface area contributed by atoms with Crippen molar-refractivity contribution in [3.63, 3.8) is 0 Å². The number of hydrogen-bond donors (Lipinski definition) is 0. The normalized spacial score (nSPS) is 16.1. The summed E-state index contributed by atoms with van der Waals surface area (Å²) in [4.78, 5) is 24.7. The first-order valence-electron chi connectivity index (χ1n) is 10.9. The van der Waals surface area contributed by atoms with Crippen LogP contribution >= 0.6 is 0 Å². The van der Waals surface area contributed by atoms with Crippen molar-refractivity contribution in [1.82, 2.24) is 29.0 Å². The first kappa shape index (κ1) is 21.7. The van der Waals surface area contributed by atoms with E-state index < -0.39 is 5.82 Å². The fraction of sp³-hybridized carbons (Fsp3) is 0.455. The van der Waals surface area contributed by atoms with Crippen molar-refractivity contribution in [2.24, 2.45) is 0 Å². The molecule has 1 unspecified atom stereocenters. The van der Waals surface area contributed by atoms with Gasteiger partial charge in [-0.2, -0.15) is 4.98 Å². The van der Waals surface area contributed by atoms with Gasteiger partial charge >= 0.3 is 0 Å². The number of fused-ring (bicyclic) bond motifs is 3. The number of nitrogens with zero attached hydrogens (tertiary/aromatic N) is 6. The summed E-state index contributed by atoms with van der Waals surface area (Å²) >= 11 is 0. The molecule has 0 saturated carbocycles. The first-order chi connectivity index (χ1) is 16.1. The summed E-state index contributed by atoms with van der Waals surface area (Å²) in [5, 5.41) is 4.04. The van der Waals surface area contributed by atoms with Crippen molar-refractivity contribution < 1.29 is 18.4 Å². The van der Waals surface area contributed by atoms with E-state index in [0.29, 0.717) is 50.0 Å². The smallest absolute Gasteiger partial charge is 0.277 e. The molecule has 4 aromatic rings. The van der Waals surface area contributed by atoms with Crippen LogP contribution in [-0.2, 0) is 16.0 Å². The van der Waals surface area contributed by atoms with Crippen LogP contribution in [0.25, 0.3) is 28.1 Å². The van der Waals surface area contributed by atoms with Crippen LogP contribution in [0.2, 0.25) is 0 Å². The number of methoxy groups -OCH3 is 1. The molecular formula is C22H25FN6O4. The average Bonchev–Trinajstić information content (AvgIpc) is 3.48. The minimum absolute atomic E-state index is 0.106. The number of hydrogen-bond acceptors (Lipinski definition) is 8. The summed E-state index contributed by atoms with van der Waals surface area (Å²) in [6.45, 7) is 6.12. The summed E-state index contributed by atoms with van der Waals surface area (Å²) in [7, 11) is 1.60. The molecule has 0 N–H and O–H groups in total. The molecule has 5 rings (SSSR count). The SMILES string of the molecule is COCC(C)c1nc(-c2ncn3c2c(=O)n(CCN2CCOCC2)c2c(F)cccc23)no1. The Balaban J connectivity index is 1.63. The van der Waals surface area contributed by atoms with Gasteiger partial charge < -0.3 is 18.6 Å². The van der Waals surface area contributed by atoms with Gasteiger partial charge in [0.2, 0.25) is 11.7 Å². The van der Waals surface area contributed by atoms with Gasteiger partial charge in [0, 0.05) is 33.3 Å². The zero-order valence-electron chi connectivity index (χ0n) is 18.5. The van der Waals surface area contributed by atoms with E-state index in [-0.39, 0.29) is 28.3 Å². The summed E-state index contributed by atoms with van der Waals surface area (Å²) in [5.74, 6) is 0.0414. The number of para-hydroxylation sites is 1. The zero-order chi connectivity index (χ0) is 22.9. The molecule has 1 aromatic carbocycles. The van der Waals surface area contributed by atoms with E-state index in [9.17, 15) is 9.18 Å². The van der Waals surface area contributed by atoms with Crippen LogP contribution in [0.3, 0.4) is 0 Å². The monoisotopic (exact) mass is 456 g/mol. The van der Waals surface area contributed by atoms with Gasteiger partial charge in [0.15, 0.2) is 0 Å². The van der Waals surface area contributed by atoms with E-state index in [1.807, 2.05) is 6.92 Å². The van der Waals surface area contributed by atoms with Crippen molar-refractivity contribution in [2.45, 2.75) is 19.4 Å². The van der Waals surface area contributed by atoms with Crippen LogP contribution in [0.1, 0.15) is 18.7 Å². The van der Waals surface area contributed by atoms with Crippen LogP contribution in [0.15, 0.2) is 33.8 Å². The molecule has 1 aliphatic rings. The predicted octanol–water partition coefficient (Wildman–Crippen LogP) is 1.92. The average molecular weight is 456 g/mol. The Bertz CT molecular complexity index is 1340. The van der Waals surface area contributed by atoms with Gasteiger partial charge in [-0.25, -0.2) is 9.37 Å². The summed E-state index contributed by atoms with van der Waals surface area (Å²) in [6, 6.07) is 4.75. The second-order valence-corrected chi connectivity index (χ2v) is 8.14. The third-order valence-electron chi connectivity index (χ3n) is 5.95. The predicted molar refractivity (Wildman–Crippen MR) is 118 cm³/mol. The number of morpholine rings is 1. The number of imidazole rings is 1. The summed E-state index contributed by atoms with van der Waals surface area (Å²) in [6.07, 6.45) is 1.49. The quantitative estimate of drug-likeness (QED) is 0.416. The molecule has 0 radical (unpaired) electrons. The minimum atomic E-state index is -0.459. The Kier molecular flexibility index (Phi) is 5.92. The van der Waals surface area contributed by atoms with Crippen LogP contribution in [0, 0.1) is 5.82 Å². The maximum absolute atomic E-state index is 14.9. The van der Waals surface area contributed by atoms with Crippen LogP contribution in [0.4, 0.5) is 4.39 Å². The molecule has 1 fully saturated rings. The van der Waals surface area contributed by atoms with Gasteiger partial charge in [0.25, 0.3) is 5.56 Å². The highest BCUT2D eigenvalue weighted by molar-refractivity contribution is 5.84. The van der Waals surface area contributed by atoms with E-state index in [2.05, 4.69) is 20.0 Å². The highest BCUT2D eigenvalue weighted by Crippen LogP contribution is 2.25. The number of ether oxygens (including phenoxy) is 2. The van der Waals surface area contributed by atoms with Crippen molar-refractivity contribution in [3.8, 4) is 11.5 Å².